The number of carbonyl (C=O) groups excluding carboxylic acids is 1. The lowest BCUT2D eigenvalue weighted by Gasteiger charge is -2.07. The summed E-state index contributed by atoms with van der Waals surface area (Å²) in [4.78, 5) is 24.4. The van der Waals surface area contributed by atoms with Crippen molar-refractivity contribution in [2.24, 2.45) is 0 Å². The maximum atomic E-state index is 12.3. The molecular formula is C15H14BrNO3S. The van der Waals surface area contributed by atoms with E-state index >= 15 is 0 Å². The van der Waals surface area contributed by atoms with Crippen LogP contribution in [0.15, 0.2) is 28.7 Å². The quantitative estimate of drug-likeness (QED) is 0.844. The number of aromatic carboxylic acids is 1. The minimum absolute atomic E-state index is 0.133. The van der Waals surface area contributed by atoms with Gasteiger partial charge in [-0.1, -0.05) is 13.0 Å². The monoisotopic (exact) mass is 367 g/mol. The number of carbonyl (C=O) groups is 2. The van der Waals surface area contributed by atoms with E-state index in [-0.39, 0.29) is 11.5 Å². The number of hydrogen-bond acceptors (Lipinski definition) is 3. The summed E-state index contributed by atoms with van der Waals surface area (Å²) in [7, 11) is 0. The summed E-state index contributed by atoms with van der Waals surface area (Å²) in [6.07, 6.45) is 0.731. The SMILES string of the molecule is CCc1cc(C(=O)O)c(NC(=O)c2ccc(C)cc2Br)s1. The minimum atomic E-state index is -1.04. The molecule has 0 bridgehead atoms. The van der Waals surface area contributed by atoms with E-state index in [1.165, 1.54) is 11.3 Å². The molecule has 0 spiro atoms. The molecule has 4 nitrogen and oxygen atoms in total. The number of aryl methyl sites for hydroxylation is 2. The third kappa shape index (κ3) is 3.51. The highest BCUT2D eigenvalue weighted by atomic mass is 79.9. The van der Waals surface area contributed by atoms with E-state index in [0.29, 0.717) is 15.0 Å². The Balaban J connectivity index is 2.31. The number of rotatable bonds is 4. The zero-order valence-corrected chi connectivity index (χ0v) is 14.0. The lowest BCUT2D eigenvalue weighted by molar-refractivity contribution is 0.0698. The largest absolute Gasteiger partial charge is 0.478 e. The number of carboxylic acids is 1. The Morgan fingerprint density at radius 2 is 2.00 bits per heavy atom. The molecular weight excluding hydrogens is 354 g/mol. The van der Waals surface area contributed by atoms with Crippen LogP contribution in [-0.4, -0.2) is 17.0 Å². The van der Waals surface area contributed by atoms with Crippen LogP contribution in [-0.2, 0) is 6.42 Å². The van der Waals surface area contributed by atoms with Crippen molar-refractivity contribution in [3.05, 3.63) is 50.3 Å². The third-order valence-corrected chi connectivity index (χ3v) is 4.81. The van der Waals surface area contributed by atoms with Crippen LogP contribution in [0, 0.1) is 6.92 Å². The molecule has 2 N–H and O–H groups in total. The number of halogens is 1. The first-order valence-electron chi connectivity index (χ1n) is 6.36. The summed E-state index contributed by atoms with van der Waals surface area (Å²) >= 11 is 4.65. The van der Waals surface area contributed by atoms with Gasteiger partial charge in [0.1, 0.15) is 5.00 Å². The van der Waals surface area contributed by atoms with Crippen LogP contribution in [0.1, 0.15) is 38.1 Å². The first-order valence-corrected chi connectivity index (χ1v) is 7.96. The zero-order valence-electron chi connectivity index (χ0n) is 11.6. The maximum Gasteiger partial charge on any atom is 0.338 e. The fourth-order valence-electron chi connectivity index (χ4n) is 1.84. The van der Waals surface area contributed by atoms with E-state index in [1.54, 1.807) is 12.1 Å². The number of benzene rings is 1. The van der Waals surface area contributed by atoms with Gasteiger partial charge >= 0.3 is 5.97 Å². The second kappa shape index (κ2) is 6.41. The third-order valence-electron chi connectivity index (χ3n) is 2.96. The molecule has 2 rings (SSSR count). The summed E-state index contributed by atoms with van der Waals surface area (Å²) in [6.45, 7) is 3.88. The van der Waals surface area contributed by atoms with Crippen molar-refractivity contribution in [3.8, 4) is 0 Å². The summed E-state index contributed by atoms with van der Waals surface area (Å²) in [5, 5.41) is 12.3. The Kier molecular flexibility index (Phi) is 4.80. The van der Waals surface area contributed by atoms with Crippen LogP contribution in [0.3, 0.4) is 0 Å². The Hall–Kier alpha value is -1.66. The zero-order chi connectivity index (χ0) is 15.6. The van der Waals surface area contributed by atoms with Gasteiger partial charge in [0.25, 0.3) is 5.91 Å². The molecule has 0 fully saturated rings. The molecule has 6 heteroatoms. The molecule has 0 aliphatic rings. The summed E-state index contributed by atoms with van der Waals surface area (Å²) in [5.41, 5.74) is 1.64. The van der Waals surface area contributed by atoms with Crippen molar-refractivity contribution >= 4 is 44.1 Å². The Bertz CT molecular complexity index is 709. The van der Waals surface area contributed by atoms with Crippen molar-refractivity contribution < 1.29 is 14.7 Å². The predicted octanol–water partition coefficient (Wildman–Crippen LogP) is 4.33. The summed E-state index contributed by atoms with van der Waals surface area (Å²) in [6, 6.07) is 7.00. The fraction of sp³-hybridized carbons (Fsp3) is 0.200. The van der Waals surface area contributed by atoms with Gasteiger partial charge in [-0.25, -0.2) is 4.79 Å². The average Bonchev–Trinajstić information content (AvgIpc) is 2.81. The number of nitrogens with one attached hydrogen (secondary N) is 1. The second-order valence-corrected chi connectivity index (χ2v) is 6.54. The van der Waals surface area contributed by atoms with E-state index in [9.17, 15) is 14.7 Å². The van der Waals surface area contributed by atoms with Crippen molar-refractivity contribution in [3.63, 3.8) is 0 Å². The van der Waals surface area contributed by atoms with Gasteiger partial charge in [0.2, 0.25) is 0 Å². The molecule has 1 amide bonds. The molecule has 1 heterocycles. The molecule has 2 aromatic rings. The van der Waals surface area contributed by atoms with E-state index in [0.717, 1.165) is 16.9 Å². The van der Waals surface area contributed by atoms with Gasteiger partial charge in [0.05, 0.1) is 11.1 Å². The van der Waals surface area contributed by atoms with Crippen molar-refractivity contribution in [1.82, 2.24) is 0 Å². The smallest absolute Gasteiger partial charge is 0.338 e. The van der Waals surface area contributed by atoms with Gasteiger partial charge in [0, 0.05) is 9.35 Å². The van der Waals surface area contributed by atoms with Crippen molar-refractivity contribution in [2.45, 2.75) is 20.3 Å². The van der Waals surface area contributed by atoms with Gasteiger partial charge in [-0.2, -0.15) is 0 Å². The molecule has 0 saturated heterocycles. The molecule has 1 aromatic carbocycles. The lowest BCUT2D eigenvalue weighted by atomic mass is 10.1. The average molecular weight is 368 g/mol. The Morgan fingerprint density at radius 3 is 2.57 bits per heavy atom. The van der Waals surface area contributed by atoms with Gasteiger partial charge in [-0.05, 0) is 53.0 Å². The van der Waals surface area contributed by atoms with E-state index in [1.807, 2.05) is 26.0 Å². The topological polar surface area (TPSA) is 66.4 Å². The highest BCUT2D eigenvalue weighted by Gasteiger charge is 2.18. The highest BCUT2D eigenvalue weighted by molar-refractivity contribution is 9.10. The lowest BCUT2D eigenvalue weighted by Crippen LogP contribution is -2.13. The highest BCUT2D eigenvalue weighted by Crippen LogP contribution is 2.30. The molecule has 21 heavy (non-hydrogen) atoms. The first-order chi connectivity index (χ1) is 9.92. The maximum absolute atomic E-state index is 12.3. The van der Waals surface area contributed by atoms with E-state index in [4.69, 9.17) is 0 Å². The van der Waals surface area contributed by atoms with Crippen LogP contribution >= 0.6 is 27.3 Å². The number of carboxylic acid groups (broad SMARTS) is 1. The molecule has 110 valence electrons. The normalized spacial score (nSPS) is 10.4. The summed E-state index contributed by atoms with van der Waals surface area (Å²) in [5.74, 6) is -1.36. The standard InChI is InChI=1S/C15H14BrNO3S/c1-3-9-7-11(15(19)20)14(21-9)17-13(18)10-5-4-8(2)6-12(10)16/h4-7H,3H2,1-2H3,(H,17,18)(H,19,20). The first kappa shape index (κ1) is 15.7. The molecule has 0 aliphatic heterocycles. The van der Waals surface area contributed by atoms with Crippen molar-refractivity contribution in [2.75, 3.05) is 5.32 Å². The van der Waals surface area contributed by atoms with Crippen LogP contribution in [0.25, 0.3) is 0 Å². The minimum Gasteiger partial charge on any atom is -0.478 e. The number of hydrogen-bond donors (Lipinski definition) is 2. The van der Waals surface area contributed by atoms with Gasteiger partial charge in [0.15, 0.2) is 0 Å². The Morgan fingerprint density at radius 1 is 1.29 bits per heavy atom. The van der Waals surface area contributed by atoms with Gasteiger partial charge in [-0.15, -0.1) is 11.3 Å². The molecule has 0 radical (unpaired) electrons. The van der Waals surface area contributed by atoms with E-state index < -0.39 is 5.97 Å². The van der Waals surface area contributed by atoms with Crippen LogP contribution in [0.2, 0.25) is 0 Å². The molecule has 1 aromatic heterocycles. The van der Waals surface area contributed by atoms with Crippen molar-refractivity contribution in [1.29, 1.82) is 0 Å². The second-order valence-electron chi connectivity index (χ2n) is 4.55. The fourth-order valence-corrected chi connectivity index (χ4v) is 3.50. The van der Waals surface area contributed by atoms with Crippen LogP contribution < -0.4 is 5.32 Å². The summed E-state index contributed by atoms with van der Waals surface area (Å²) < 4.78 is 0.684. The number of anilines is 1. The van der Waals surface area contributed by atoms with Crippen LogP contribution in [0.5, 0.6) is 0 Å². The molecule has 0 unspecified atom stereocenters. The number of amides is 1. The van der Waals surface area contributed by atoms with Gasteiger partial charge in [-0.3, -0.25) is 4.79 Å². The van der Waals surface area contributed by atoms with Gasteiger partial charge < -0.3 is 10.4 Å². The molecule has 0 aliphatic carbocycles. The Labute approximate surface area is 134 Å². The molecule has 0 saturated carbocycles. The molecule has 0 atom stereocenters. The predicted molar refractivity (Wildman–Crippen MR) is 87.5 cm³/mol. The van der Waals surface area contributed by atoms with Crippen LogP contribution in [0.4, 0.5) is 5.00 Å². The number of thiophene rings is 1. The van der Waals surface area contributed by atoms with E-state index in [2.05, 4.69) is 21.2 Å².